The summed E-state index contributed by atoms with van der Waals surface area (Å²) in [5.74, 6) is 1.98. The van der Waals surface area contributed by atoms with Crippen molar-refractivity contribution in [1.29, 1.82) is 0 Å². The number of benzene rings is 2. The fraction of sp³-hybridized carbons (Fsp3) is 0.111. The smallest absolute Gasteiger partial charge is 0.224 e. The highest BCUT2D eigenvalue weighted by Gasteiger charge is 2.05. The molecule has 0 bridgehead atoms. The first kappa shape index (κ1) is 17.3. The number of nitrogens with one attached hydrogen (secondary N) is 2. The predicted molar refractivity (Wildman–Crippen MR) is 102 cm³/mol. The zero-order valence-corrected chi connectivity index (χ0v) is 15.0. The van der Waals surface area contributed by atoms with E-state index in [4.69, 9.17) is 27.9 Å². The highest BCUT2D eigenvalue weighted by atomic mass is 35.5. The number of methoxy groups -OCH3 is 1. The van der Waals surface area contributed by atoms with Gasteiger partial charge in [-0.1, -0.05) is 41.4 Å². The van der Waals surface area contributed by atoms with E-state index in [-0.39, 0.29) is 0 Å². The number of hydrogen-bond acceptors (Lipinski definition) is 5. The normalized spacial score (nSPS) is 10.4. The Labute approximate surface area is 156 Å². The van der Waals surface area contributed by atoms with Crippen LogP contribution in [0.3, 0.4) is 0 Å². The molecule has 0 saturated heterocycles. The van der Waals surface area contributed by atoms with Crippen LogP contribution >= 0.6 is 23.2 Å². The third-order valence-corrected chi connectivity index (χ3v) is 4.22. The van der Waals surface area contributed by atoms with Crippen molar-refractivity contribution in [2.75, 3.05) is 17.7 Å². The monoisotopic (exact) mass is 374 g/mol. The van der Waals surface area contributed by atoms with Gasteiger partial charge in [0.25, 0.3) is 0 Å². The molecule has 3 aromatic rings. The lowest BCUT2D eigenvalue weighted by atomic mass is 10.2. The minimum absolute atomic E-state index is 0.482. The molecule has 0 atom stereocenters. The van der Waals surface area contributed by atoms with Crippen molar-refractivity contribution in [3.63, 3.8) is 0 Å². The van der Waals surface area contributed by atoms with Crippen LogP contribution in [0, 0.1) is 0 Å². The van der Waals surface area contributed by atoms with Gasteiger partial charge >= 0.3 is 0 Å². The Morgan fingerprint density at radius 3 is 2.68 bits per heavy atom. The van der Waals surface area contributed by atoms with E-state index in [1.165, 1.54) is 0 Å². The van der Waals surface area contributed by atoms with E-state index < -0.39 is 0 Å². The van der Waals surface area contributed by atoms with Gasteiger partial charge in [0.2, 0.25) is 5.95 Å². The van der Waals surface area contributed by atoms with E-state index in [0.717, 1.165) is 17.0 Å². The van der Waals surface area contributed by atoms with E-state index in [0.29, 0.717) is 28.4 Å². The van der Waals surface area contributed by atoms with E-state index in [1.54, 1.807) is 31.5 Å². The summed E-state index contributed by atoms with van der Waals surface area (Å²) in [6.45, 7) is 0.556. The molecule has 0 amide bonds. The van der Waals surface area contributed by atoms with Crippen LogP contribution < -0.4 is 15.4 Å². The second-order valence-corrected chi connectivity index (χ2v) is 6.00. The Bertz CT molecular complexity index is 873. The van der Waals surface area contributed by atoms with Gasteiger partial charge < -0.3 is 15.4 Å². The first-order valence-corrected chi connectivity index (χ1v) is 8.32. The van der Waals surface area contributed by atoms with Crippen LogP contribution in [0.4, 0.5) is 17.5 Å². The molecule has 0 aliphatic carbocycles. The summed E-state index contributed by atoms with van der Waals surface area (Å²) < 4.78 is 5.34. The van der Waals surface area contributed by atoms with Crippen LogP contribution in [0.2, 0.25) is 10.0 Å². The quantitative estimate of drug-likeness (QED) is 0.624. The molecule has 2 N–H and O–H groups in total. The van der Waals surface area contributed by atoms with Crippen LogP contribution in [0.15, 0.2) is 54.7 Å². The Morgan fingerprint density at radius 2 is 1.88 bits per heavy atom. The van der Waals surface area contributed by atoms with Crippen molar-refractivity contribution in [3.05, 3.63) is 70.3 Å². The zero-order valence-electron chi connectivity index (χ0n) is 13.5. The van der Waals surface area contributed by atoms with E-state index >= 15 is 0 Å². The third kappa shape index (κ3) is 4.53. The van der Waals surface area contributed by atoms with Crippen molar-refractivity contribution in [1.82, 2.24) is 9.97 Å². The molecule has 0 aliphatic heterocycles. The first-order chi connectivity index (χ1) is 12.2. The molecule has 1 heterocycles. The SMILES string of the molecule is COc1ccccc1CNc1nccc(Nc2ccc(Cl)c(Cl)c2)n1. The summed E-state index contributed by atoms with van der Waals surface area (Å²) in [4.78, 5) is 8.67. The van der Waals surface area contributed by atoms with Crippen molar-refractivity contribution < 1.29 is 4.74 Å². The number of para-hydroxylation sites is 1. The molecule has 0 saturated carbocycles. The van der Waals surface area contributed by atoms with Crippen molar-refractivity contribution in [2.24, 2.45) is 0 Å². The summed E-state index contributed by atoms with van der Waals surface area (Å²) >= 11 is 12.0. The Kier molecular flexibility index (Phi) is 5.58. The van der Waals surface area contributed by atoms with Gasteiger partial charge in [-0.3, -0.25) is 0 Å². The number of nitrogens with zero attached hydrogens (tertiary/aromatic N) is 2. The second kappa shape index (κ2) is 8.05. The van der Waals surface area contributed by atoms with Gasteiger partial charge in [0, 0.05) is 24.0 Å². The van der Waals surface area contributed by atoms with Gasteiger partial charge in [0.1, 0.15) is 11.6 Å². The molecule has 7 heteroatoms. The number of anilines is 3. The molecule has 1 aromatic heterocycles. The van der Waals surface area contributed by atoms with Crippen molar-refractivity contribution in [2.45, 2.75) is 6.54 Å². The molecular weight excluding hydrogens is 359 g/mol. The average Bonchev–Trinajstić information content (AvgIpc) is 2.63. The summed E-state index contributed by atoms with van der Waals surface area (Å²) in [5, 5.41) is 7.36. The highest BCUT2D eigenvalue weighted by Crippen LogP contribution is 2.26. The predicted octanol–water partition coefficient (Wildman–Crippen LogP) is 5.15. The lowest BCUT2D eigenvalue weighted by molar-refractivity contribution is 0.410. The largest absolute Gasteiger partial charge is 0.496 e. The van der Waals surface area contributed by atoms with E-state index in [9.17, 15) is 0 Å². The molecule has 3 rings (SSSR count). The zero-order chi connectivity index (χ0) is 17.6. The second-order valence-electron chi connectivity index (χ2n) is 5.18. The van der Waals surface area contributed by atoms with Gasteiger partial charge in [-0.15, -0.1) is 0 Å². The maximum Gasteiger partial charge on any atom is 0.224 e. The van der Waals surface area contributed by atoms with Crippen molar-refractivity contribution in [3.8, 4) is 5.75 Å². The maximum absolute atomic E-state index is 6.03. The number of rotatable bonds is 6. The van der Waals surface area contributed by atoms with Gasteiger partial charge in [-0.2, -0.15) is 4.98 Å². The Morgan fingerprint density at radius 1 is 1.04 bits per heavy atom. The molecule has 5 nitrogen and oxygen atoms in total. The highest BCUT2D eigenvalue weighted by molar-refractivity contribution is 6.42. The summed E-state index contributed by atoms with van der Waals surface area (Å²) in [6, 6.07) is 14.9. The molecule has 0 unspecified atom stereocenters. The molecule has 2 aromatic carbocycles. The summed E-state index contributed by atoms with van der Waals surface area (Å²) in [5.41, 5.74) is 1.82. The van der Waals surface area contributed by atoms with Crippen LogP contribution in [0.5, 0.6) is 5.75 Å². The van der Waals surface area contributed by atoms with Gasteiger partial charge in [-0.25, -0.2) is 4.98 Å². The fourth-order valence-corrected chi connectivity index (χ4v) is 2.56. The first-order valence-electron chi connectivity index (χ1n) is 7.56. The minimum Gasteiger partial charge on any atom is -0.496 e. The van der Waals surface area contributed by atoms with Gasteiger partial charge in [-0.05, 0) is 30.3 Å². The molecule has 0 fully saturated rings. The number of aromatic nitrogens is 2. The number of ether oxygens (including phenoxy) is 1. The molecule has 128 valence electrons. The minimum atomic E-state index is 0.482. The van der Waals surface area contributed by atoms with Crippen molar-refractivity contribution >= 4 is 40.7 Å². The number of hydrogen-bond donors (Lipinski definition) is 2. The van der Waals surface area contributed by atoms with Crippen LogP contribution in [0.1, 0.15) is 5.56 Å². The lowest BCUT2D eigenvalue weighted by Gasteiger charge is -2.11. The van der Waals surface area contributed by atoms with Crippen LogP contribution in [-0.4, -0.2) is 17.1 Å². The summed E-state index contributed by atoms with van der Waals surface area (Å²) in [7, 11) is 1.65. The lowest BCUT2D eigenvalue weighted by Crippen LogP contribution is -2.06. The Balaban J connectivity index is 1.70. The van der Waals surface area contributed by atoms with Crippen LogP contribution in [-0.2, 0) is 6.54 Å². The molecular formula is C18H16Cl2N4O. The maximum atomic E-state index is 6.03. The van der Waals surface area contributed by atoms with E-state index in [2.05, 4.69) is 20.6 Å². The molecule has 0 radical (unpaired) electrons. The topological polar surface area (TPSA) is 59.1 Å². The molecule has 0 spiro atoms. The molecule has 25 heavy (non-hydrogen) atoms. The Hall–Kier alpha value is -2.50. The van der Waals surface area contributed by atoms with E-state index in [1.807, 2.05) is 30.3 Å². The van der Waals surface area contributed by atoms with Gasteiger partial charge in [0.05, 0.1) is 17.2 Å². The standard InChI is InChI=1S/C18H16Cl2N4O/c1-25-16-5-3-2-4-12(16)11-22-18-21-9-8-17(24-18)23-13-6-7-14(19)15(20)10-13/h2-10H,11H2,1H3,(H2,21,22,23,24). The average molecular weight is 375 g/mol. The van der Waals surface area contributed by atoms with Gasteiger partial charge in [0.15, 0.2) is 0 Å². The fourth-order valence-electron chi connectivity index (χ4n) is 2.26. The third-order valence-electron chi connectivity index (χ3n) is 3.48. The summed E-state index contributed by atoms with van der Waals surface area (Å²) in [6.07, 6.45) is 1.68. The molecule has 0 aliphatic rings. The number of halogens is 2. The van der Waals surface area contributed by atoms with Crippen LogP contribution in [0.25, 0.3) is 0 Å².